The van der Waals surface area contributed by atoms with Crippen LogP contribution in [0, 0.1) is 6.92 Å². The molecule has 0 atom stereocenters. The van der Waals surface area contributed by atoms with E-state index in [-0.39, 0.29) is 12.2 Å². The number of nitrogens with zero attached hydrogens (tertiary/aromatic N) is 1. The smallest absolute Gasteiger partial charge is 0.335 e. The summed E-state index contributed by atoms with van der Waals surface area (Å²) in [7, 11) is 1.46. The Bertz CT molecular complexity index is 673. The second-order valence-electron chi connectivity index (χ2n) is 4.35. The van der Waals surface area contributed by atoms with Crippen molar-refractivity contribution in [2.45, 2.75) is 13.5 Å². The van der Waals surface area contributed by atoms with E-state index >= 15 is 0 Å². The molecule has 0 saturated carbocycles. The lowest BCUT2D eigenvalue weighted by atomic mass is 10.2. The Hall–Kier alpha value is -2.08. The molecule has 1 aromatic heterocycles. The van der Waals surface area contributed by atoms with Gasteiger partial charge in [-0.1, -0.05) is 6.07 Å². The van der Waals surface area contributed by atoms with E-state index in [0.29, 0.717) is 16.0 Å². The van der Waals surface area contributed by atoms with Crippen LogP contribution in [0.25, 0.3) is 0 Å². The molecule has 21 heavy (non-hydrogen) atoms. The van der Waals surface area contributed by atoms with E-state index in [9.17, 15) is 4.79 Å². The zero-order chi connectivity index (χ0) is 15.4. The number of aryl methyl sites for hydroxylation is 1. The van der Waals surface area contributed by atoms with Gasteiger partial charge in [0.15, 0.2) is 11.5 Å². The molecule has 0 radical (unpaired) electrons. The summed E-state index contributed by atoms with van der Waals surface area (Å²) >= 11 is 3.31. The number of halogens is 1. The Labute approximate surface area is 130 Å². The predicted octanol–water partition coefficient (Wildman–Crippen LogP) is 3.44. The van der Waals surface area contributed by atoms with Crippen molar-refractivity contribution in [3.05, 3.63) is 51.8 Å². The molecule has 1 N–H and O–H groups in total. The summed E-state index contributed by atoms with van der Waals surface area (Å²) in [6, 6.07) is 6.71. The molecule has 0 amide bonds. The molecular formula is C15H14BrNO4. The minimum absolute atomic E-state index is 0.125. The first kappa shape index (κ1) is 15.3. The van der Waals surface area contributed by atoms with Crippen LogP contribution in [0.5, 0.6) is 11.5 Å². The third kappa shape index (κ3) is 3.52. The summed E-state index contributed by atoms with van der Waals surface area (Å²) < 4.78 is 11.5. The van der Waals surface area contributed by atoms with E-state index in [2.05, 4.69) is 20.9 Å². The van der Waals surface area contributed by atoms with Crippen LogP contribution in [0.1, 0.15) is 21.6 Å². The maximum absolute atomic E-state index is 11.0. The van der Waals surface area contributed by atoms with Gasteiger partial charge in [0.05, 0.1) is 22.8 Å². The van der Waals surface area contributed by atoms with Gasteiger partial charge in [0.25, 0.3) is 0 Å². The molecule has 110 valence electrons. The monoisotopic (exact) mass is 351 g/mol. The lowest BCUT2D eigenvalue weighted by Crippen LogP contribution is -2.04. The molecule has 2 rings (SSSR count). The number of benzene rings is 1. The number of hydrogen-bond acceptors (Lipinski definition) is 4. The second kappa shape index (κ2) is 6.58. The summed E-state index contributed by atoms with van der Waals surface area (Å²) in [5, 5.41) is 9.04. The summed E-state index contributed by atoms with van der Waals surface area (Å²) in [4.78, 5) is 15.3. The van der Waals surface area contributed by atoms with Crippen LogP contribution in [0.2, 0.25) is 0 Å². The van der Waals surface area contributed by atoms with E-state index in [1.807, 2.05) is 19.1 Å². The minimum Gasteiger partial charge on any atom is -0.493 e. The van der Waals surface area contributed by atoms with Crippen molar-refractivity contribution >= 4 is 21.9 Å². The fourth-order valence-corrected chi connectivity index (χ4v) is 2.35. The van der Waals surface area contributed by atoms with Gasteiger partial charge in [-0.25, -0.2) is 4.79 Å². The summed E-state index contributed by atoms with van der Waals surface area (Å²) in [6.45, 7) is 2.22. The predicted molar refractivity (Wildman–Crippen MR) is 81.0 cm³/mol. The van der Waals surface area contributed by atoms with Crippen molar-refractivity contribution in [3.8, 4) is 11.5 Å². The largest absolute Gasteiger partial charge is 0.493 e. The van der Waals surface area contributed by atoms with E-state index < -0.39 is 5.97 Å². The lowest BCUT2D eigenvalue weighted by molar-refractivity contribution is 0.0696. The molecule has 0 aliphatic rings. The van der Waals surface area contributed by atoms with Crippen molar-refractivity contribution in [1.82, 2.24) is 4.98 Å². The number of rotatable bonds is 5. The maximum Gasteiger partial charge on any atom is 0.335 e. The number of aromatic carboxylic acids is 1. The zero-order valence-electron chi connectivity index (χ0n) is 11.6. The maximum atomic E-state index is 11.0. The van der Waals surface area contributed by atoms with Gasteiger partial charge in [0.2, 0.25) is 0 Å². The summed E-state index contributed by atoms with van der Waals surface area (Å²) in [6.07, 6.45) is 1.70. The molecule has 0 fully saturated rings. The van der Waals surface area contributed by atoms with Gasteiger partial charge in [0, 0.05) is 6.20 Å². The first-order chi connectivity index (χ1) is 10.0. The number of ether oxygens (including phenoxy) is 2. The van der Waals surface area contributed by atoms with Crippen LogP contribution < -0.4 is 9.47 Å². The topological polar surface area (TPSA) is 68.7 Å². The van der Waals surface area contributed by atoms with Crippen LogP contribution in [-0.4, -0.2) is 23.2 Å². The Morgan fingerprint density at radius 3 is 2.81 bits per heavy atom. The lowest BCUT2D eigenvalue weighted by Gasteiger charge is -2.14. The number of aromatic nitrogens is 1. The highest BCUT2D eigenvalue weighted by atomic mass is 79.9. The SMILES string of the molecule is COc1cc(C(=O)O)cc(Br)c1OCc1ncccc1C. The van der Waals surface area contributed by atoms with Gasteiger partial charge in [-0.05, 0) is 46.6 Å². The van der Waals surface area contributed by atoms with Gasteiger partial charge in [-0.15, -0.1) is 0 Å². The van der Waals surface area contributed by atoms with Gasteiger partial charge >= 0.3 is 5.97 Å². The molecule has 5 nitrogen and oxygen atoms in total. The fourth-order valence-electron chi connectivity index (χ4n) is 1.79. The van der Waals surface area contributed by atoms with Gasteiger partial charge in [-0.3, -0.25) is 4.98 Å². The molecule has 1 aromatic carbocycles. The average Bonchev–Trinajstić information content (AvgIpc) is 2.46. The van der Waals surface area contributed by atoms with Crippen LogP contribution in [0.15, 0.2) is 34.9 Å². The number of hydrogen-bond donors (Lipinski definition) is 1. The molecule has 0 saturated heterocycles. The van der Waals surface area contributed by atoms with Gasteiger partial charge in [0.1, 0.15) is 6.61 Å². The van der Waals surface area contributed by atoms with Gasteiger partial charge < -0.3 is 14.6 Å². The third-order valence-corrected chi connectivity index (χ3v) is 3.54. The van der Waals surface area contributed by atoms with E-state index in [1.165, 1.54) is 19.2 Å². The normalized spacial score (nSPS) is 10.2. The Kier molecular flexibility index (Phi) is 4.80. The van der Waals surface area contributed by atoms with Crippen LogP contribution in [0.4, 0.5) is 0 Å². The summed E-state index contributed by atoms with van der Waals surface area (Å²) in [5.74, 6) is -0.218. The van der Waals surface area contributed by atoms with E-state index in [4.69, 9.17) is 14.6 Å². The molecule has 1 heterocycles. The molecule has 0 bridgehead atoms. The molecule has 6 heteroatoms. The minimum atomic E-state index is -1.03. The van der Waals surface area contributed by atoms with Crippen LogP contribution >= 0.6 is 15.9 Å². The van der Waals surface area contributed by atoms with Gasteiger partial charge in [-0.2, -0.15) is 0 Å². The molecule has 0 aliphatic carbocycles. The number of methoxy groups -OCH3 is 1. The molecule has 2 aromatic rings. The number of carboxylic acids is 1. The molecule has 0 spiro atoms. The summed E-state index contributed by atoms with van der Waals surface area (Å²) in [5.41, 5.74) is 1.96. The standard InChI is InChI=1S/C15H14BrNO4/c1-9-4-3-5-17-12(9)8-21-14-11(16)6-10(15(18)19)7-13(14)20-2/h3-7H,8H2,1-2H3,(H,18,19). The molecule has 0 aliphatic heterocycles. The highest BCUT2D eigenvalue weighted by Crippen LogP contribution is 2.37. The number of carbonyl (C=O) groups is 1. The Morgan fingerprint density at radius 1 is 1.43 bits per heavy atom. The van der Waals surface area contributed by atoms with Crippen LogP contribution in [-0.2, 0) is 6.61 Å². The number of carboxylic acid groups (broad SMARTS) is 1. The average molecular weight is 352 g/mol. The van der Waals surface area contributed by atoms with Crippen molar-refractivity contribution in [2.75, 3.05) is 7.11 Å². The Morgan fingerprint density at radius 2 is 2.19 bits per heavy atom. The highest BCUT2D eigenvalue weighted by molar-refractivity contribution is 9.10. The van der Waals surface area contributed by atoms with Crippen molar-refractivity contribution < 1.29 is 19.4 Å². The van der Waals surface area contributed by atoms with E-state index in [1.54, 1.807) is 6.20 Å². The van der Waals surface area contributed by atoms with Crippen molar-refractivity contribution in [2.24, 2.45) is 0 Å². The van der Waals surface area contributed by atoms with Crippen molar-refractivity contribution in [3.63, 3.8) is 0 Å². The van der Waals surface area contributed by atoms with Crippen molar-refractivity contribution in [1.29, 1.82) is 0 Å². The fraction of sp³-hybridized carbons (Fsp3) is 0.200. The first-order valence-corrected chi connectivity index (χ1v) is 6.96. The third-order valence-electron chi connectivity index (χ3n) is 2.95. The Balaban J connectivity index is 2.28. The second-order valence-corrected chi connectivity index (χ2v) is 5.20. The molecule has 0 unspecified atom stereocenters. The quantitative estimate of drug-likeness (QED) is 0.893. The number of pyridine rings is 1. The molecular weight excluding hydrogens is 338 g/mol. The first-order valence-electron chi connectivity index (χ1n) is 6.17. The highest BCUT2D eigenvalue weighted by Gasteiger charge is 2.15. The van der Waals surface area contributed by atoms with E-state index in [0.717, 1.165) is 11.3 Å². The van der Waals surface area contributed by atoms with Crippen LogP contribution in [0.3, 0.4) is 0 Å². The zero-order valence-corrected chi connectivity index (χ0v) is 13.2.